The lowest BCUT2D eigenvalue weighted by Gasteiger charge is -2.34. The van der Waals surface area contributed by atoms with E-state index in [-0.39, 0.29) is 29.6 Å². The van der Waals surface area contributed by atoms with E-state index in [0.717, 1.165) is 63.8 Å². The first-order valence-electron chi connectivity index (χ1n) is 12.3. The van der Waals surface area contributed by atoms with Crippen molar-refractivity contribution in [1.29, 1.82) is 0 Å². The van der Waals surface area contributed by atoms with Crippen LogP contribution in [0.2, 0.25) is 5.02 Å². The highest BCUT2D eigenvalue weighted by atomic mass is 35.5. The van der Waals surface area contributed by atoms with Gasteiger partial charge in [0.25, 0.3) is 0 Å². The largest absolute Gasteiger partial charge is 0.335 e. The van der Waals surface area contributed by atoms with Gasteiger partial charge in [0.1, 0.15) is 5.82 Å². The second-order valence-electron chi connectivity index (χ2n) is 9.60. The first-order valence-corrected chi connectivity index (χ1v) is 12.7. The van der Waals surface area contributed by atoms with Crippen molar-refractivity contribution in [1.82, 2.24) is 10.2 Å². The Bertz CT molecular complexity index is 951. The van der Waals surface area contributed by atoms with E-state index in [4.69, 9.17) is 11.6 Å². The van der Waals surface area contributed by atoms with Gasteiger partial charge in [0.15, 0.2) is 5.78 Å². The second-order valence-corrected chi connectivity index (χ2v) is 10.0. The smallest absolute Gasteiger partial charge is 0.319 e. The molecular formula is C27H33ClFN3O2. The Kier molecular flexibility index (Phi) is 8.57. The number of benzene rings is 2. The standard InChI is InChI=1S/C27H33ClFN3O2/c28-22-5-11-25(12-6-22)31-27(34)30-24-9-1-19(2-10-24)13-16-32-17-14-21(15-18-32)26(33)20-3-7-23(29)8-4-20/h3-8,11-12,19,21,24H,1-2,9-10,13-18H2,(H2,30,31,34). The monoisotopic (exact) mass is 485 g/mol. The van der Waals surface area contributed by atoms with Gasteiger partial charge in [-0.2, -0.15) is 0 Å². The quantitative estimate of drug-likeness (QED) is 0.463. The minimum Gasteiger partial charge on any atom is -0.335 e. The van der Waals surface area contributed by atoms with E-state index in [1.165, 1.54) is 18.6 Å². The van der Waals surface area contributed by atoms with Crippen LogP contribution >= 0.6 is 11.6 Å². The van der Waals surface area contributed by atoms with Crippen LogP contribution in [-0.4, -0.2) is 42.4 Å². The van der Waals surface area contributed by atoms with E-state index in [1.807, 2.05) is 0 Å². The van der Waals surface area contributed by atoms with Crippen molar-refractivity contribution in [2.24, 2.45) is 11.8 Å². The van der Waals surface area contributed by atoms with Crippen molar-refractivity contribution in [3.63, 3.8) is 0 Å². The number of anilines is 1. The number of likely N-dealkylation sites (tertiary alicyclic amines) is 1. The van der Waals surface area contributed by atoms with Crippen LogP contribution in [0.5, 0.6) is 0 Å². The maximum atomic E-state index is 13.1. The fourth-order valence-electron chi connectivity index (χ4n) is 5.12. The molecule has 2 fully saturated rings. The molecular weight excluding hydrogens is 453 g/mol. The van der Waals surface area contributed by atoms with Gasteiger partial charge in [0, 0.05) is 28.2 Å². The average molecular weight is 486 g/mol. The molecule has 0 radical (unpaired) electrons. The predicted octanol–water partition coefficient (Wildman–Crippen LogP) is 6.14. The number of halogens is 2. The van der Waals surface area contributed by atoms with E-state index in [2.05, 4.69) is 15.5 Å². The Balaban J connectivity index is 1.11. The van der Waals surface area contributed by atoms with E-state index in [9.17, 15) is 14.0 Å². The molecule has 0 atom stereocenters. The van der Waals surface area contributed by atoms with Gasteiger partial charge in [-0.1, -0.05) is 11.6 Å². The molecule has 0 spiro atoms. The van der Waals surface area contributed by atoms with Crippen molar-refractivity contribution in [3.8, 4) is 0 Å². The Morgan fingerprint density at radius 2 is 1.56 bits per heavy atom. The first kappa shape index (κ1) is 24.7. The van der Waals surface area contributed by atoms with Crippen molar-refractivity contribution in [2.75, 3.05) is 25.0 Å². The summed E-state index contributed by atoms with van der Waals surface area (Å²) in [4.78, 5) is 27.4. The van der Waals surface area contributed by atoms with Crippen molar-refractivity contribution < 1.29 is 14.0 Å². The zero-order chi connectivity index (χ0) is 23.9. The van der Waals surface area contributed by atoms with E-state index < -0.39 is 0 Å². The highest BCUT2D eigenvalue weighted by molar-refractivity contribution is 6.30. The third kappa shape index (κ3) is 7.03. The summed E-state index contributed by atoms with van der Waals surface area (Å²) in [6.07, 6.45) is 7.18. The minimum absolute atomic E-state index is 0.0437. The van der Waals surface area contributed by atoms with Crippen molar-refractivity contribution >= 4 is 29.1 Å². The van der Waals surface area contributed by atoms with Gasteiger partial charge in [-0.25, -0.2) is 9.18 Å². The number of hydrogen-bond acceptors (Lipinski definition) is 3. The van der Waals surface area contributed by atoms with E-state index >= 15 is 0 Å². The number of rotatable bonds is 7. The van der Waals surface area contributed by atoms with Crippen LogP contribution in [0.25, 0.3) is 0 Å². The maximum Gasteiger partial charge on any atom is 0.319 e. The summed E-state index contributed by atoms with van der Waals surface area (Å²) in [5.41, 5.74) is 1.35. The predicted molar refractivity (Wildman–Crippen MR) is 134 cm³/mol. The molecule has 182 valence electrons. The Morgan fingerprint density at radius 3 is 2.21 bits per heavy atom. The van der Waals surface area contributed by atoms with Crippen LogP contribution < -0.4 is 10.6 Å². The van der Waals surface area contributed by atoms with Gasteiger partial charge >= 0.3 is 6.03 Å². The number of nitrogens with zero attached hydrogens (tertiary/aromatic N) is 1. The molecule has 1 aliphatic carbocycles. The lowest BCUT2D eigenvalue weighted by Crippen LogP contribution is -2.41. The summed E-state index contributed by atoms with van der Waals surface area (Å²) in [5.74, 6) is 0.571. The fourth-order valence-corrected chi connectivity index (χ4v) is 5.24. The van der Waals surface area contributed by atoms with Gasteiger partial charge < -0.3 is 15.5 Å². The number of Topliss-reactive ketones (excluding diaryl/α,β-unsaturated/α-hetero) is 1. The van der Waals surface area contributed by atoms with Crippen LogP contribution in [0, 0.1) is 17.7 Å². The van der Waals surface area contributed by atoms with Crippen LogP contribution in [-0.2, 0) is 0 Å². The summed E-state index contributed by atoms with van der Waals surface area (Å²) in [6.45, 7) is 2.95. The van der Waals surface area contributed by atoms with Crippen molar-refractivity contribution in [3.05, 3.63) is 64.9 Å². The number of ketones is 1. The van der Waals surface area contributed by atoms with Crippen LogP contribution in [0.1, 0.15) is 55.3 Å². The first-order chi connectivity index (χ1) is 16.5. The summed E-state index contributed by atoms with van der Waals surface area (Å²) in [5, 5.41) is 6.60. The molecule has 2 aliphatic rings. The van der Waals surface area contributed by atoms with Gasteiger partial charge in [0.05, 0.1) is 0 Å². The topological polar surface area (TPSA) is 61.4 Å². The number of nitrogens with one attached hydrogen (secondary N) is 2. The number of carbonyl (C=O) groups excluding carboxylic acids is 2. The summed E-state index contributed by atoms with van der Waals surface area (Å²) in [6, 6.07) is 13.1. The third-order valence-corrected chi connectivity index (χ3v) is 7.48. The summed E-state index contributed by atoms with van der Waals surface area (Å²) >= 11 is 5.88. The van der Waals surface area contributed by atoms with Gasteiger partial charge in [0.2, 0.25) is 0 Å². The van der Waals surface area contributed by atoms with Crippen LogP contribution in [0.3, 0.4) is 0 Å². The molecule has 4 rings (SSSR count). The van der Waals surface area contributed by atoms with Gasteiger partial charge in [-0.15, -0.1) is 0 Å². The molecule has 1 saturated heterocycles. The Labute approximate surface area is 206 Å². The second kappa shape index (κ2) is 11.8. The molecule has 2 aromatic carbocycles. The lowest BCUT2D eigenvalue weighted by atomic mass is 9.83. The fraction of sp³-hybridized carbons (Fsp3) is 0.481. The molecule has 1 aliphatic heterocycles. The SMILES string of the molecule is O=C(Nc1ccc(Cl)cc1)NC1CCC(CCN2CCC(C(=O)c3ccc(F)cc3)CC2)CC1. The molecule has 0 bridgehead atoms. The molecule has 7 heteroatoms. The van der Waals surface area contributed by atoms with Crippen LogP contribution in [0.15, 0.2) is 48.5 Å². The summed E-state index contributed by atoms with van der Waals surface area (Å²) < 4.78 is 13.1. The number of hydrogen-bond donors (Lipinski definition) is 2. The van der Waals surface area contributed by atoms with Crippen molar-refractivity contribution in [2.45, 2.75) is 51.0 Å². The average Bonchev–Trinajstić information content (AvgIpc) is 2.85. The molecule has 1 saturated carbocycles. The normalized spacial score (nSPS) is 21.7. The molecule has 2 amide bonds. The number of piperidine rings is 1. The number of amides is 2. The molecule has 2 N–H and O–H groups in total. The van der Waals surface area contributed by atoms with Gasteiger partial charge in [-0.05, 0) is 119 Å². The minimum atomic E-state index is -0.308. The Morgan fingerprint density at radius 1 is 0.912 bits per heavy atom. The molecule has 5 nitrogen and oxygen atoms in total. The molecule has 0 unspecified atom stereocenters. The lowest BCUT2D eigenvalue weighted by molar-refractivity contribution is 0.0832. The zero-order valence-corrected chi connectivity index (χ0v) is 20.2. The van der Waals surface area contributed by atoms with Crippen LogP contribution in [0.4, 0.5) is 14.9 Å². The molecule has 0 aromatic heterocycles. The van der Waals surface area contributed by atoms with E-state index in [1.54, 1.807) is 36.4 Å². The summed E-state index contributed by atoms with van der Waals surface area (Å²) in [7, 11) is 0. The highest BCUT2D eigenvalue weighted by Gasteiger charge is 2.27. The van der Waals surface area contributed by atoms with Gasteiger partial charge in [-0.3, -0.25) is 4.79 Å². The third-order valence-electron chi connectivity index (χ3n) is 7.22. The number of carbonyl (C=O) groups is 2. The zero-order valence-electron chi connectivity index (χ0n) is 19.4. The highest BCUT2D eigenvalue weighted by Crippen LogP contribution is 2.28. The Hall–Kier alpha value is -2.44. The molecule has 34 heavy (non-hydrogen) atoms. The maximum absolute atomic E-state index is 13.1. The van der Waals surface area contributed by atoms with E-state index in [0.29, 0.717) is 16.5 Å². The molecule has 1 heterocycles. The number of urea groups is 1. The molecule has 2 aromatic rings.